The van der Waals surface area contributed by atoms with Crippen LogP contribution in [0.4, 0.5) is 0 Å². The lowest BCUT2D eigenvalue weighted by molar-refractivity contribution is -0.0853. The third kappa shape index (κ3) is 12.2. The quantitative estimate of drug-likeness (QED) is 0.321. The highest BCUT2D eigenvalue weighted by atomic mass is 79.9. The van der Waals surface area contributed by atoms with Crippen molar-refractivity contribution in [1.29, 1.82) is 0 Å². The Morgan fingerprint density at radius 1 is 1.06 bits per heavy atom. The van der Waals surface area contributed by atoms with Crippen LogP contribution in [-0.4, -0.2) is 47.5 Å². The molecule has 0 heterocycles. The van der Waals surface area contributed by atoms with E-state index in [2.05, 4.69) is 31.9 Å². The SMILES string of the molecule is CC(Br)COP(OCC(C)Br)OC(C)OCCO. The largest absolute Gasteiger partial charge is 0.394 e. The highest BCUT2D eigenvalue weighted by Crippen LogP contribution is 2.42. The molecule has 8 heteroatoms. The zero-order valence-electron chi connectivity index (χ0n) is 10.8. The number of aliphatic hydroxyl groups excluding tert-OH is 1. The summed E-state index contributed by atoms with van der Waals surface area (Å²) in [7, 11) is -1.45. The Balaban J connectivity index is 4.01. The molecule has 0 bridgehead atoms. The van der Waals surface area contributed by atoms with Crippen molar-refractivity contribution < 1.29 is 23.4 Å². The molecule has 3 atom stereocenters. The summed E-state index contributed by atoms with van der Waals surface area (Å²) in [6.45, 7) is 6.88. The number of hydrogen-bond acceptors (Lipinski definition) is 5. The van der Waals surface area contributed by atoms with Crippen LogP contribution < -0.4 is 0 Å². The lowest BCUT2D eigenvalue weighted by Crippen LogP contribution is -2.16. The van der Waals surface area contributed by atoms with E-state index in [1.807, 2.05) is 13.8 Å². The number of aliphatic hydroxyl groups is 1. The molecule has 0 saturated heterocycles. The average Bonchev–Trinajstić information content (AvgIpc) is 2.29. The summed E-state index contributed by atoms with van der Waals surface area (Å²) in [5, 5.41) is 8.65. The maximum Gasteiger partial charge on any atom is 0.335 e. The summed E-state index contributed by atoms with van der Waals surface area (Å²) in [6.07, 6.45) is -0.473. The Morgan fingerprint density at radius 3 is 1.94 bits per heavy atom. The van der Waals surface area contributed by atoms with Crippen molar-refractivity contribution in [1.82, 2.24) is 0 Å². The van der Waals surface area contributed by atoms with Gasteiger partial charge in [-0.15, -0.1) is 0 Å². The van der Waals surface area contributed by atoms with Crippen LogP contribution in [-0.2, 0) is 18.3 Å². The van der Waals surface area contributed by atoms with Crippen molar-refractivity contribution in [2.45, 2.75) is 36.7 Å². The second-order valence-corrected chi connectivity index (χ2v) is 7.94. The van der Waals surface area contributed by atoms with E-state index in [4.69, 9.17) is 23.4 Å². The van der Waals surface area contributed by atoms with Gasteiger partial charge in [-0.3, -0.25) is 4.52 Å². The molecule has 0 aromatic carbocycles. The van der Waals surface area contributed by atoms with E-state index in [1.165, 1.54) is 0 Å². The Hall–Kier alpha value is 1.19. The predicted molar refractivity (Wildman–Crippen MR) is 79.2 cm³/mol. The molecule has 0 spiro atoms. The second-order valence-electron chi connectivity index (χ2n) is 3.64. The summed E-state index contributed by atoms with van der Waals surface area (Å²) < 4.78 is 21.7. The molecule has 0 aromatic heterocycles. The highest BCUT2D eigenvalue weighted by molar-refractivity contribution is 9.09. The van der Waals surface area contributed by atoms with Gasteiger partial charge >= 0.3 is 8.60 Å². The minimum Gasteiger partial charge on any atom is -0.394 e. The molecule has 5 nitrogen and oxygen atoms in total. The fourth-order valence-corrected chi connectivity index (χ4v) is 2.66. The van der Waals surface area contributed by atoms with Crippen LogP contribution in [0.25, 0.3) is 0 Å². The van der Waals surface area contributed by atoms with Gasteiger partial charge in [-0.05, 0) is 6.92 Å². The summed E-state index contributed by atoms with van der Waals surface area (Å²) in [5.41, 5.74) is 0. The Labute approximate surface area is 127 Å². The number of halogens is 2. The van der Waals surface area contributed by atoms with Gasteiger partial charge in [0.2, 0.25) is 0 Å². The number of ether oxygens (including phenoxy) is 1. The number of rotatable bonds is 11. The molecular formula is C10H21Br2O5P. The second kappa shape index (κ2) is 12.0. The molecule has 0 radical (unpaired) electrons. The Morgan fingerprint density at radius 2 is 1.56 bits per heavy atom. The smallest absolute Gasteiger partial charge is 0.335 e. The highest BCUT2D eigenvalue weighted by Gasteiger charge is 2.18. The summed E-state index contributed by atoms with van der Waals surface area (Å²) in [4.78, 5) is 0.453. The molecule has 0 aliphatic heterocycles. The van der Waals surface area contributed by atoms with E-state index in [-0.39, 0.29) is 22.9 Å². The first-order valence-corrected chi connectivity index (χ1v) is 8.61. The van der Waals surface area contributed by atoms with Crippen molar-refractivity contribution >= 4 is 40.5 Å². The molecule has 110 valence electrons. The fraction of sp³-hybridized carbons (Fsp3) is 1.00. The van der Waals surface area contributed by atoms with E-state index in [9.17, 15) is 0 Å². The zero-order valence-corrected chi connectivity index (χ0v) is 14.9. The van der Waals surface area contributed by atoms with Crippen LogP contribution in [0.15, 0.2) is 0 Å². The lowest BCUT2D eigenvalue weighted by atomic mass is 10.5. The topological polar surface area (TPSA) is 57.2 Å². The van der Waals surface area contributed by atoms with Crippen molar-refractivity contribution in [2.24, 2.45) is 0 Å². The maximum atomic E-state index is 8.65. The molecule has 0 fully saturated rings. The molecular weight excluding hydrogens is 391 g/mol. The molecule has 0 aliphatic carbocycles. The van der Waals surface area contributed by atoms with E-state index in [0.29, 0.717) is 13.2 Å². The van der Waals surface area contributed by atoms with Gasteiger partial charge in [-0.25, -0.2) is 0 Å². The molecule has 18 heavy (non-hydrogen) atoms. The summed E-state index contributed by atoms with van der Waals surface area (Å²) in [5.74, 6) is 0. The summed E-state index contributed by atoms with van der Waals surface area (Å²) >= 11 is 6.78. The number of hydrogen-bond donors (Lipinski definition) is 1. The first-order valence-electron chi connectivity index (χ1n) is 5.69. The third-order valence-electron chi connectivity index (χ3n) is 1.50. The van der Waals surface area contributed by atoms with E-state index < -0.39 is 14.9 Å². The predicted octanol–water partition coefficient (Wildman–Crippen LogP) is 3.18. The number of alkyl halides is 2. The molecule has 1 N–H and O–H groups in total. The van der Waals surface area contributed by atoms with Crippen LogP contribution in [0.3, 0.4) is 0 Å². The van der Waals surface area contributed by atoms with Crippen molar-refractivity contribution in [3.05, 3.63) is 0 Å². The van der Waals surface area contributed by atoms with Gasteiger partial charge in [-0.2, -0.15) is 0 Å². The molecule has 0 aliphatic rings. The van der Waals surface area contributed by atoms with Crippen molar-refractivity contribution in [2.75, 3.05) is 26.4 Å². The molecule has 0 saturated carbocycles. The van der Waals surface area contributed by atoms with Gasteiger partial charge in [0.05, 0.1) is 26.4 Å². The van der Waals surface area contributed by atoms with Crippen LogP contribution in [0.2, 0.25) is 0 Å². The van der Waals surface area contributed by atoms with Crippen LogP contribution >= 0.6 is 40.5 Å². The van der Waals surface area contributed by atoms with Gasteiger partial charge in [0.1, 0.15) is 0 Å². The van der Waals surface area contributed by atoms with E-state index >= 15 is 0 Å². The zero-order chi connectivity index (χ0) is 14.0. The fourth-order valence-electron chi connectivity index (χ4n) is 0.796. The average molecular weight is 412 g/mol. The first-order chi connectivity index (χ1) is 8.45. The minimum atomic E-state index is -1.45. The van der Waals surface area contributed by atoms with Crippen molar-refractivity contribution in [3.8, 4) is 0 Å². The van der Waals surface area contributed by atoms with Gasteiger partial charge in [0.15, 0.2) is 6.29 Å². The third-order valence-corrected chi connectivity index (χ3v) is 3.22. The monoisotopic (exact) mass is 410 g/mol. The normalized spacial score (nSPS) is 18.3. The Kier molecular flexibility index (Phi) is 12.8. The standard InChI is InChI=1S/C10H21Br2O5P/c1-8(11)6-15-18(16-7-9(2)12)17-10(3)14-5-4-13/h8-10,13H,4-7H2,1-3H3. The van der Waals surface area contributed by atoms with Crippen LogP contribution in [0.5, 0.6) is 0 Å². The first kappa shape index (κ1) is 19.2. The van der Waals surface area contributed by atoms with Crippen LogP contribution in [0, 0.1) is 0 Å². The summed E-state index contributed by atoms with van der Waals surface area (Å²) in [6, 6.07) is 0. The van der Waals surface area contributed by atoms with Gasteiger partial charge < -0.3 is 18.9 Å². The van der Waals surface area contributed by atoms with E-state index in [1.54, 1.807) is 6.92 Å². The lowest BCUT2D eigenvalue weighted by Gasteiger charge is -2.21. The van der Waals surface area contributed by atoms with Crippen LogP contribution in [0.1, 0.15) is 20.8 Å². The molecule has 0 amide bonds. The molecule has 3 unspecified atom stereocenters. The molecule has 0 rings (SSSR count). The van der Waals surface area contributed by atoms with Crippen molar-refractivity contribution in [3.63, 3.8) is 0 Å². The Bertz CT molecular complexity index is 185. The van der Waals surface area contributed by atoms with Gasteiger partial charge in [-0.1, -0.05) is 45.7 Å². The minimum absolute atomic E-state index is 0.0375. The van der Waals surface area contributed by atoms with E-state index in [0.717, 1.165) is 0 Å². The molecule has 0 aromatic rings. The van der Waals surface area contributed by atoms with Gasteiger partial charge in [0.25, 0.3) is 0 Å². The van der Waals surface area contributed by atoms with Gasteiger partial charge in [0, 0.05) is 9.65 Å². The maximum absolute atomic E-state index is 8.65.